The third-order valence-corrected chi connectivity index (χ3v) is 5.02. The molecule has 0 saturated heterocycles. The van der Waals surface area contributed by atoms with Gasteiger partial charge in [-0.3, -0.25) is 0 Å². The largest absolute Gasteiger partial charge is 0.491 e. The molecular formula is C25H31ClN4O. The minimum absolute atomic E-state index is 0.165. The number of aromatic nitrogens is 2. The minimum Gasteiger partial charge on any atom is -0.491 e. The number of anilines is 1. The van der Waals surface area contributed by atoms with E-state index >= 15 is 0 Å². The molecule has 5 nitrogen and oxygen atoms in total. The molecule has 0 aliphatic rings. The third kappa shape index (κ3) is 7.53. The quantitative estimate of drug-likeness (QED) is 0.478. The van der Waals surface area contributed by atoms with Crippen molar-refractivity contribution in [2.24, 2.45) is 0 Å². The van der Waals surface area contributed by atoms with E-state index in [1.165, 1.54) is 11.1 Å². The standard InChI is InChI=1S/C25H31ClN4O/c1-18(2)31-23-11-7-19(8-12-23)15-21-17-28-25(27-13-14-30(3)4)29-24(21)16-20-5-9-22(26)10-6-20/h5-12,17-18H,13-16H2,1-4H3,(H,27,28,29). The van der Waals surface area contributed by atoms with Gasteiger partial charge in [-0.2, -0.15) is 0 Å². The Morgan fingerprint density at radius 1 is 0.968 bits per heavy atom. The van der Waals surface area contributed by atoms with Gasteiger partial charge in [-0.1, -0.05) is 35.9 Å². The lowest BCUT2D eigenvalue weighted by atomic mass is 10.0. The molecule has 0 atom stereocenters. The number of ether oxygens (including phenoxy) is 1. The summed E-state index contributed by atoms with van der Waals surface area (Å²) in [6, 6.07) is 16.2. The molecule has 0 bridgehead atoms. The van der Waals surface area contributed by atoms with Crippen molar-refractivity contribution in [3.8, 4) is 5.75 Å². The van der Waals surface area contributed by atoms with E-state index in [4.69, 9.17) is 21.3 Å². The summed E-state index contributed by atoms with van der Waals surface area (Å²) in [4.78, 5) is 11.5. The van der Waals surface area contributed by atoms with Gasteiger partial charge in [0.1, 0.15) is 5.75 Å². The van der Waals surface area contributed by atoms with Gasteiger partial charge in [0, 0.05) is 37.2 Å². The molecule has 2 aromatic carbocycles. The molecule has 3 rings (SSSR count). The zero-order valence-corrected chi connectivity index (χ0v) is 19.5. The Kier molecular flexibility index (Phi) is 8.27. The molecule has 0 spiro atoms. The second kappa shape index (κ2) is 11.1. The summed E-state index contributed by atoms with van der Waals surface area (Å²) in [7, 11) is 4.10. The van der Waals surface area contributed by atoms with Crippen LogP contribution >= 0.6 is 11.6 Å². The van der Waals surface area contributed by atoms with Gasteiger partial charge in [-0.15, -0.1) is 0 Å². The van der Waals surface area contributed by atoms with Crippen LogP contribution in [0, 0.1) is 0 Å². The van der Waals surface area contributed by atoms with Gasteiger partial charge in [-0.25, -0.2) is 9.97 Å². The molecule has 31 heavy (non-hydrogen) atoms. The molecule has 0 unspecified atom stereocenters. The van der Waals surface area contributed by atoms with Crippen LogP contribution < -0.4 is 10.1 Å². The molecule has 3 aromatic rings. The molecule has 0 aliphatic heterocycles. The van der Waals surface area contributed by atoms with Crippen molar-refractivity contribution in [2.75, 3.05) is 32.5 Å². The summed E-state index contributed by atoms with van der Waals surface area (Å²) < 4.78 is 5.75. The Bertz CT molecular complexity index is 956. The first-order chi connectivity index (χ1) is 14.9. The fourth-order valence-corrected chi connectivity index (χ4v) is 3.32. The number of nitrogens with zero attached hydrogens (tertiary/aromatic N) is 3. The van der Waals surface area contributed by atoms with E-state index in [0.717, 1.165) is 48.0 Å². The van der Waals surface area contributed by atoms with Crippen LogP contribution in [-0.2, 0) is 12.8 Å². The van der Waals surface area contributed by atoms with Crippen molar-refractivity contribution < 1.29 is 4.74 Å². The molecule has 0 fully saturated rings. The number of halogens is 1. The smallest absolute Gasteiger partial charge is 0.222 e. The Morgan fingerprint density at radius 2 is 1.61 bits per heavy atom. The lowest BCUT2D eigenvalue weighted by molar-refractivity contribution is 0.242. The summed E-state index contributed by atoms with van der Waals surface area (Å²) in [6.45, 7) is 5.78. The molecule has 0 radical (unpaired) electrons. The molecule has 1 aromatic heterocycles. The summed E-state index contributed by atoms with van der Waals surface area (Å²) in [5.41, 5.74) is 4.51. The van der Waals surface area contributed by atoms with E-state index in [9.17, 15) is 0 Å². The maximum absolute atomic E-state index is 6.06. The van der Waals surface area contributed by atoms with E-state index in [0.29, 0.717) is 5.95 Å². The monoisotopic (exact) mass is 438 g/mol. The zero-order valence-electron chi connectivity index (χ0n) is 18.7. The second-order valence-electron chi connectivity index (χ2n) is 8.19. The Morgan fingerprint density at radius 3 is 2.26 bits per heavy atom. The number of hydrogen-bond acceptors (Lipinski definition) is 5. The second-order valence-corrected chi connectivity index (χ2v) is 8.62. The van der Waals surface area contributed by atoms with Crippen molar-refractivity contribution in [3.05, 3.63) is 82.1 Å². The number of rotatable bonds is 10. The van der Waals surface area contributed by atoms with Crippen LogP contribution in [0.25, 0.3) is 0 Å². The van der Waals surface area contributed by atoms with Crippen LogP contribution in [0.4, 0.5) is 5.95 Å². The lowest BCUT2D eigenvalue weighted by Crippen LogP contribution is -2.21. The summed E-state index contributed by atoms with van der Waals surface area (Å²) in [5.74, 6) is 1.55. The van der Waals surface area contributed by atoms with E-state index in [1.54, 1.807) is 0 Å². The highest BCUT2D eigenvalue weighted by atomic mass is 35.5. The van der Waals surface area contributed by atoms with Gasteiger partial charge in [0.15, 0.2) is 0 Å². The topological polar surface area (TPSA) is 50.3 Å². The van der Waals surface area contributed by atoms with Crippen LogP contribution in [0.2, 0.25) is 5.02 Å². The average Bonchev–Trinajstić information content (AvgIpc) is 2.72. The van der Waals surface area contributed by atoms with E-state index in [2.05, 4.69) is 41.4 Å². The van der Waals surface area contributed by atoms with Crippen LogP contribution in [0.15, 0.2) is 54.7 Å². The summed E-state index contributed by atoms with van der Waals surface area (Å²) in [5, 5.41) is 4.06. The number of benzene rings is 2. The van der Waals surface area contributed by atoms with Crippen molar-refractivity contribution >= 4 is 17.5 Å². The van der Waals surface area contributed by atoms with E-state index < -0.39 is 0 Å². The molecule has 1 N–H and O–H groups in total. The first-order valence-corrected chi connectivity index (χ1v) is 11.0. The molecule has 164 valence electrons. The van der Waals surface area contributed by atoms with Crippen LogP contribution in [0.5, 0.6) is 5.75 Å². The van der Waals surface area contributed by atoms with Crippen molar-refractivity contribution in [3.63, 3.8) is 0 Å². The maximum Gasteiger partial charge on any atom is 0.222 e. The number of nitrogens with one attached hydrogen (secondary N) is 1. The summed E-state index contributed by atoms with van der Waals surface area (Å²) >= 11 is 6.06. The van der Waals surface area contributed by atoms with Gasteiger partial charge >= 0.3 is 0 Å². The molecular weight excluding hydrogens is 408 g/mol. The summed E-state index contributed by atoms with van der Waals surface area (Å²) in [6.07, 6.45) is 3.60. The van der Waals surface area contributed by atoms with Gasteiger partial charge in [0.25, 0.3) is 0 Å². The predicted molar refractivity (Wildman–Crippen MR) is 128 cm³/mol. The van der Waals surface area contributed by atoms with Crippen LogP contribution in [0.3, 0.4) is 0 Å². The van der Waals surface area contributed by atoms with E-state index in [-0.39, 0.29) is 6.10 Å². The van der Waals surface area contributed by atoms with Gasteiger partial charge < -0.3 is 15.0 Å². The Balaban J connectivity index is 1.80. The first kappa shape index (κ1) is 23.0. The Hall–Kier alpha value is -2.63. The molecule has 1 heterocycles. The minimum atomic E-state index is 0.165. The highest BCUT2D eigenvalue weighted by Gasteiger charge is 2.10. The maximum atomic E-state index is 6.06. The lowest BCUT2D eigenvalue weighted by Gasteiger charge is -2.14. The normalized spacial score (nSPS) is 11.2. The molecule has 0 amide bonds. The Labute approximate surface area is 190 Å². The third-order valence-electron chi connectivity index (χ3n) is 4.77. The van der Waals surface area contributed by atoms with Crippen LogP contribution in [0.1, 0.15) is 36.2 Å². The number of hydrogen-bond donors (Lipinski definition) is 1. The predicted octanol–water partition coefficient (Wildman–Crippen LogP) is 5.07. The van der Waals surface area contributed by atoms with Gasteiger partial charge in [0.2, 0.25) is 5.95 Å². The van der Waals surface area contributed by atoms with Crippen LogP contribution in [-0.4, -0.2) is 48.2 Å². The molecule has 0 saturated carbocycles. The van der Waals surface area contributed by atoms with Gasteiger partial charge in [-0.05, 0) is 68.9 Å². The van der Waals surface area contributed by atoms with Crippen molar-refractivity contribution in [1.82, 2.24) is 14.9 Å². The van der Waals surface area contributed by atoms with Crippen molar-refractivity contribution in [1.29, 1.82) is 0 Å². The highest BCUT2D eigenvalue weighted by molar-refractivity contribution is 6.30. The number of likely N-dealkylation sites (N-methyl/N-ethyl adjacent to an activating group) is 1. The highest BCUT2D eigenvalue weighted by Crippen LogP contribution is 2.21. The molecule has 0 aliphatic carbocycles. The molecule has 6 heteroatoms. The van der Waals surface area contributed by atoms with Crippen molar-refractivity contribution in [2.45, 2.75) is 32.8 Å². The van der Waals surface area contributed by atoms with E-state index in [1.807, 2.05) is 56.4 Å². The zero-order chi connectivity index (χ0) is 22.2. The average molecular weight is 439 g/mol. The van der Waals surface area contributed by atoms with Gasteiger partial charge in [0.05, 0.1) is 11.8 Å². The fourth-order valence-electron chi connectivity index (χ4n) is 3.19. The first-order valence-electron chi connectivity index (χ1n) is 10.6. The fraction of sp³-hybridized carbons (Fsp3) is 0.360. The SMILES string of the molecule is CC(C)Oc1ccc(Cc2cnc(NCCN(C)C)nc2Cc2ccc(Cl)cc2)cc1.